The highest BCUT2D eigenvalue weighted by molar-refractivity contribution is 7.99. The summed E-state index contributed by atoms with van der Waals surface area (Å²) in [5.74, 6) is 0.913. The molecule has 1 rings (SSSR count). The van der Waals surface area contributed by atoms with Crippen LogP contribution in [0.25, 0.3) is 0 Å². The molecule has 0 spiro atoms. The Labute approximate surface area is 80.4 Å². The van der Waals surface area contributed by atoms with Crippen molar-refractivity contribution in [3.63, 3.8) is 0 Å². The molecule has 0 bridgehead atoms. The second-order valence-electron chi connectivity index (χ2n) is 2.64. The van der Waals surface area contributed by atoms with Crippen molar-refractivity contribution in [2.24, 2.45) is 0 Å². The lowest BCUT2D eigenvalue weighted by molar-refractivity contribution is 0.111. The van der Waals surface area contributed by atoms with Crippen molar-refractivity contribution >= 4 is 29.4 Å². The van der Waals surface area contributed by atoms with Crippen molar-refractivity contribution in [1.82, 2.24) is 4.98 Å². The largest absolute Gasteiger partial charge is 0.296 e. The second-order valence-corrected chi connectivity index (χ2v) is 5.15. The van der Waals surface area contributed by atoms with Crippen LogP contribution in [0.2, 0.25) is 0 Å². The topological polar surface area (TPSA) is 30.0 Å². The molecule has 1 aromatic rings. The number of thioether (sulfide) groups is 1. The van der Waals surface area contributed by atoms with Gasteiger partial charge in [-0.2, -0.15) is 11.8 Å². The molecule has 66 valence electrons. The van der Waals surface area contributed by atoms with E-state index in [9.17, 15) is 4.79 Å². The van der Waals surface area contributed by atoms with Gasteiger partial charge < -0.3 is 0 Å². The highest BCUT2D eigenvalue weighted by Gasteiger charge is 2.01. The molecule has 0 aliphatic rings. The van der Waals surface area contributed by atoms with Crippen molar-refractivity contribution in [3.05, 3.63) is 16.1 Å². The van der Waals surface area contributed by atoms with E-state index in [-0.39, 0.29) is 0 Å². The molecule has 0 fully saturated rings. The molecule has 0 N–H and O–H groups in total. The third-order valence-electron chi connectivity index (χ3n) is 1.23. The fourth-order valence-corrected chi connectivity index (χ4v) is 2.22. The average molecular weight is 201 g/mol. The zero-order valence-corrected chi connectivity index (χ0v) is 8.74. The second kappa shape index (κ2) is 4.62. The van der Waals surface area contributed by atoms with Crippen LogP contribution in [0.3, 0.4) is 0 Å². The number of aldehydes is 1. The molecule has 0 atom stereocenters. The molecule has 2 nitrogen and oxygen atoms in total. The quantitative estimate of drug-likeness (QED) is 0.701. The van der Waals surface area contributed by atoms with E-state index in [1.165, 1.54) is 0 Å². The lowest BCUT2D eigenvalue weighted by atomic mass is 10.6. The van der Waals surface area contributed by atoms with E-state index in [1.54, 1.807) is 16.7 Å². The minimum atomic E-state index is 0.555. The Bertz CT molecular complexity index is 257. The van der Waals surface area contributed by atoms with Crippen LogP contribution in [0, 0.1) is 0 Å². The third kappa shape index (κ3) is 2.95. The number of carbonyl (C=O) groups is 1. The summed E-state index contributed by atoms with van der Waals surface area (Å²) < 4.78 is 0. The van der Waals surface area contributed by atoms with Gasteiger partial charge in [-0.25, -0.2) is 4.98 Å². The third-order valence-corrected chi connectivity index (χ3v) is 3.39. The highest BCUT2D eigenvalue weighted by Crippen LogP contribution is 2.19. The molecule has 0 aliphatic carbocycles. The van der Waals surface area contributed by atoms with Gasteiger partial charge in [-0.3, -0.25) is 4.79 Å². The molecule has 0 aliphatic heterocycles. The Morgan fingerprint density at radius 3 is 3.00 bits per heavy atom. The minimum Gasteiger partial charge on any atom is -0.296 e. The zero-order chi connectivity index (χ0) is 8.97. The summed E-state index contributed by atoms with van der Waals surface area (Å²) in [6, 6.07) is 0. The van der Waals surface area contributed by atoms with Crippen LogP contribution in [0.1, 0.15) is 29.3 Å². The van der Waals surface area contributed by atoms with Crippen molar-refractivity contribution in [1.29, 1.82) is 0 Å². The molecule has 1 aromatic heterocycles. The first kappa shape index (κ1) is 9.74. The van der Waals surface area contributed by atoms with E-state index >= 15 is 0 Å². The van der Waals surface area contributed by atoms with Crippen LogP contribution in [0.4, 0.5) is 0 Å². The number of hydrogen-bond acceptors (Lipinski definition) is 4. The minimum absolute atomic E-state index is 0.555. The van der Waals surface area contributed by atoms with Crippen LogP contribution in [-0.4, -0.2) is 16.5 Å². The summed E-state index contributed by atoms with van der Waals surface area (Å²) in [4.78, 5) is 14.4. The number of nitrogens with zero attached hydrogens (tertiary/aromatic N) is 1. The molecule has 1 heterocycles. The number of hydrogen-bond donors (Lipinski definition) is 0. The van der Waals surface area contributed by atoms with Gasteiger partial charge in [-0.05, 0) is 5.25 Å². The molecule has 0 saturated heterocycles. The van der Waals surface area contributed by atoms with Crippen LogP contribution in [0.5, 0.6) is 0 Å². The standard InChI is InChI=1S/C8H11NOS2/c1-6(2)11-5-8-9-7(3-10)4-12-8/h3-4,6H,5H2,1-2H3. The zero-order valence-electron chi connectivity index (χ0n) is 7.11. The first-order valence-corrected chi connectivity index (χ1v) is 5.66. The molecule has 0 aromatic carbocycles. The summed E-state index contributed by atoms with van der Waals surface area (Å²) in [6.07, 6.45) is 0.792. The molecule has 4 heteroatoms. The van der Waals surface area contributed by atoms with E-state index in [0.717, 1.165) is 17.0 Å². The number of carbonyl (C=O) groups excluding carboxylic acids is 1. The van der Waals surface area contributed by atoms with Crippen LogP contribution in [0.15, 0.2) is 5.38 Å². The fraction of sp³-hybridized carbons (Fsp3) is 0.500. The maximum Gasteiger partial charge on any atom is 0.169 e. The van der Waals surface area contributed by atoms with E-state index < -0.39 is 0 Å². The lowest BCUT2D eigenvalue weighted by Crippen LogP contribution is -1.88. The lowest BCUT2D eigenvalue weighted by Gasteiger charge is -2.00. The van der Waals surface area contributed by atoms with E-state index in [4.69, 9.17) is 0 Å². The molecule has 0 amide bonds. The van der Waals surface area contributed by atoms with Gasteiger partial charge in [-0.15, -0.1) is 11.3 Å². The maximum absolute atomic E-state index is 10.3. The first-order valence-electron chi connectivity index (χ1n) is 3.73. The molecule has 0 radical (unpaired) electrons. The van der Waals surface area contributed by atoms with Gasteiger partial charge in [0.2, 0.25) is 0 Å². The molecule has 0 unspecified atom stereocenters. The van der Waals surface area contributed by atoms with Gasteiger partial charge in [-0.1, -0.05) is 13.8 Å². The summed E-state index contributed by atoms with van der Waals surface area (Å²) >= 11 is 3.39. The molecule has 0 saturated carbocycles. The van der Waals surface area contributed by atoms with Crippen LogP contribution in [-0.2, 0) is 5.75 Å². The predicted octanol–water partition coefficient (Wildman–Crippen LogP) is 2.60. The highest BCUT2D eigenvalue weighted by atomic mass is 32.2. The number of rotatable bonds is 4. The van der Waals surface area contributed by atoms with Crippen molar-refractivity contribution in [3.8, 4) is 0 Å². The van der Waals surface area contributed by atoms with Crippen LogP contribution >= 0.6 is 23.1 Å². The maximum atomic E-state index is 10.3. The SMILES string of the molecule is CC(C)SCc1nc(C=O)cs1. The Balaban J connectivity index is 2.47. The van der Waals surface area contributed by atoms with E-state index in [1.807, 2.05) is 11.8 Å². The smallest absolute Gasteiger partial charge is 0.169 e. The first-order chi connectivity index (χ1) is 5.72. The Morgan fingerprint density at radius 2 is 2.50 bits per heavy atom. The van der Waals surface area contributed by atoms with Gasteiger partial charge in [0.15, 0.2) is 6.29 Å². The molecule has 12 heavy (non-hydrogen) atoms. The van der Waals surface area contributed by atoms with E-state index in [2.05, 4.69) is 18.8 Å². The predicted molar refractivity (Wildman–Crippen MR) is 53.9 cm³/mol. The monoisotopic (exact) mass is 201 g/mol. The normalized spacial score (nSPS) is 10.6. The summed E-state index contributed by atoms with van der Waals surface area (Å²) in [6.45, 7) is 4.30. The van der Waals surface area contributed by atoms with Crippen molar-refractivity contribution in [2.75, 3.05) is 0 Å². The molecular formula is C8H11NOS2. The van der Waals surface area contributed by atoms with Gasteiger partial charge >= 0.3 is 0 Å². The summed E-state index contributed by atoms with van der Waals surface area (Å²) in [5, 5.41) is 3.45. The van der Waals surface area contributed by atoms with Gasteiger partial charge in [0.25, 0.3) is 0 Å². The molecular weight excluding hydrogens is 190 g/mol. The number of thiazole rings is 1. The Morgan fingerprint density at radius 1 is 1.75 bits per heavy atom. The Hall–Kier alpha value is -0.350. The summed E-state index contributed by atoms with van der Waals surface area (Å²) in [5.41, 5.74) is 0.555. The summed E-state index contributed by atoms with van der Waals surface area (Å²) in [7, 11) is 0. The van der Waals surface area contributed by atoms with Crippen molar-refractivity contribution < 1.29 is 4.79 Å². The van der Waals surface area contributed by atoms with Gasteiger partial charge in [0.05, 0.1) is 0 Å². The fourth-order valence-electron chi connectivity index (χ4n) is 0.683. The Kier molecular flexibility index (Phi) is 3.75. The number of aromatic nitrogens is 1. The van der Waals surface area contributed by atoms with Gasteiger partial charge in [0, 0.05) is 11.1 Å². The van der Waals surface area contributed by atoms with Gasteiger partial charge in [0.1, 0.15) is 10.7 Å². The average Bonchev–Trinajstić information content (AvgIpc) is 2.48. The van der Waals surface area contributed by atoms with Crippen molar-refractivity contribution in [2.45, 2.75) is 24.9 Å². The van der Waals surface area contributed by atoms with E-state index in [0.29, 0.717) is 10.9 Å². The van der Waals surface area contributed by atoms with Crippen LogP contribution < -0.4 is 0 Å².